The molecule has 14 atom stereocenters. The van der Waals surface area contributed by atoms with Crippen molar-refractivity contribution < 1.29 is 39.5 Å². The molecule has 3 heterocycles. The molecule has 0 radical (unpaired) electrons. The van der Waals surface area contributed by atoms with Crippen LogP contribution < -0.4 is 0 Å². The lowest BCUT2D eigenvalue weighted by molar-refractivity contribution is -0.295. The minimum Gasteiger partial charge on any atom is -0.456 e. The number of piperidine rings is 2. The average Bonchev–Trinajstić information content (AvgIpc) is 3.32. The summed E-state index contributed by atoms with van der Waals surface area (Å²) in [6.07, 6.45) is 3.20. The van der Waals surface area contributed by atoms with Crippen LogP contribution in [-0.4, -0.2) is 91.0 Å². The van der Waals surface area contributed by atoms with Crippen LogP contribution in [0.1, 0.15) is 79.6 Å². The molecule has 4 aliphatic carbocycles. The molecule has 7 fully saturated rings. The van der Waals surface area contributed by atoms with Crippen LogP contribution in [0.3, 0.4) is 0 Å². The third-order valence-corrected chi connectivity index (χ3v) is 13.8. The molecule has 7 rings (SSSR count). The number of nitrogens with zero attached hydrogens (tertiary/aromatic N) is 1. The Morgan fingerprint density at radius 2 is 1.78 bits per heavy atom. The minimum absolute atomic E-state index is 0.150. The number of hydrogen-bond donors (Lipinski definition) is 4. The number of aliphatic hydroxyl groups excluding tert-OH is 1. The number of aliphatic hydroxyl groups is 4. The third-order valence-electron chi connectivity index (χ3n) is 13.8. The Kier molecular flexibility index (Phi) is 5.90. The van der Waals surface area contributed by atoms with Gasteiger partial charge in [-0.15, -0.1) is 0 Å². The van der Waals surface area contributed by atoms with Gasteiger partial charge in [-0.05, 0) is 83.5 Å². The summed E-state index contributed by atoms with van der Waals surface area (Å²) in [5.41, 5.74) is -5.67. The van der Waals surface area contributed by atoms with E-state index in [1.165, 1.54) is 0 Å². The summed E-state index contributed by atoms with van der Waals surface area (Å²) in [7, 11) is 0. The van der Waals surface area contributed by atoms with Gasteiger partial charge in [0.1, 0.15) is 23.4 Å². The molecule has 4 N–H and O–H groups in total. The van der Waals surface area contributed by atoms with Crippen molar-refractivity contribution in [3.05, 3.63) is 11.6 Å². The molecule has 0 aromatic carbocycles. The van der Waals surface area contributed by atoms with E-state index < -0.39 is 69.7 Å². The van der Waals surface area contributed by atoms with Gasteiger partial charge in [0.2, 0.25) is 0 Å². The molecule has 3 saturated heterocycles. The van der Waals surface area contributed by atoms with Crippen LogP contribution in [0, 0.1) is 40.9 Å². The zero-order valence-electron chi connectivity index (χ0n) is 25.0. The Morgan fingerprint density at radius 3 is 2.49 bits per heavy atom. The van der Waals surface area contributed by atoms with Crippen molar-refractivity contribution >= 4 is 11.9 Å². The first-order valence-electron chi connectivity index (χ1n) is 15.8. The van der Waals surface area contributed by atoms with Gasteiger partial charge >= 0.3 is 11.9 Å². The van der Waals surface area contributed by atoms with E-state index in [0.29, 0.717) is 50.1 Å². The molecule has 41 heavy (non-hydrogen) atoms. The highest BCUT2D eigenvalue weighted by atomic mass is 16.6. The number of carbonyl (C=O) groups is 2. The topological polar surface area (TPSA) is 137 Å². The molecule has 0 unspecified atom stereocenters. The van der Waals surface area contributed by atoms with Crippen molar-refractivity contribution in [3.63, 3.8) is 0 Å². The normalized spacial score (nSPS) is 57.6. The number of carbonyl (C=O) groups excluding carboxylic acids is 2. The zero-order valence-corrected chi connectivity index (χ0v) is 25.0. The smallest absolute Gasteiger partial charge is 0.339 e. The molecule has 9 nitrogen and oxygen atoms in total. The Hall–Kier alpha value is -1.52. The summed E-state index contributed by atoms with van der Waals surface area (Å²) in [6.45, 7) is 11.0. The fourth-order valence-electron chi connectivity index (χ4n) is 11.8. The molecule has 0 aromatic heterocycles. The van der Waals surface area contributed by atoms with Crippen LogP contribution in [-0.2, 0) is 19.1 Å². The van der Waals surface area contributed by atoms with E-state index in [4.69, 9.17) is 9.47 Å². The maximum absolute atomic E-state index is 13.4. The molecule has 228 valence electrons. The zero-order chi connectivity index (χ0) is 29.5. The lowest BCUT2D eigenvalue weighted by Gasteiger charge is -2.64. The summed E-state index contributed by atoms with van der Waals surface area (Å²) in [5, 5.41) is 48.9. The second-order valence-corrected chi connectivity index (χ2v) is 15.4. The highest BCUT2D eigenvalue weighted by molar-refractivity contribution is 5.87. The average molecular weight is 574 g/mol. The molecule has 4 saturated carbocycles. The van der Waals surface area contributed by atoms with Gasteiger partial charge in [-0.25, -0.2) is 9.59 Å². The van der Waals surface area contributed by atoms with Crippen molar-refractivity contribution in [2.75, 3.05) is 13.1 Å². The van der Waals surface area contributed by atoms with E-state index in [2.05, 4.69) is 18.7 Å². The van der Waals surface area contributed by atoms with Crippen LogP contribution in [0.4, 0.5) is 0 Å². The summed E-state index contributed by atoms with van der Waals surface area (Å²) in [6, 6.07) is -0.150. The van der Waals surface area contributed by atoms with Crippen LogP contribution in [0.2, 0.25) is 0 Å². The third kappa shape index (κ3) is 3.20. The second kappa shape index (κ2) is 8.56. The standard InChI is InChI=1S/C32H47NO8/c1-6-17(3)26(35)40-24-23-18(15-33-14-16(2)7-10-22(33)29(23,5)37)19-13-31-21(32(19,39)25(24)34)9-8-20-28(31,4)11-12-30(20,38)27(36)41-31/h6,16,18-25,34,37-39H,7-15H2,1-5H3/b17-6-/t16-,18-,19-,20-,21+,22+,23+,24+,25-,28-,29+,30-,31+,32-/m0/s1. The summed E-state index contributed by atoms with van der Waals surface area (Å²) >= 11 is 0. The van der Waals surface area contributed by atoms with E-state index in [0.717, 1.165) is 19.4 Å². The number of rotatable bonds is 2. The molecule has 9 heteroatoms. The van der Waals surface area contributed by atoms with Crippen molar-refractivity contribution in [1.82, 2.24) is 4.90 Å². The van der Waals surface area contributed by atoms with Crippen molar-refractivity contribution in [2.24, 2.45) is 40.9 Å². The van der Waals surface area contributed by atoms with Crippen LogP contribution in [0.25, 0.3) is 0 Å². The van der Waals surface area contributed by atoms with E-state index in [9.17, 15) is 30.0 Å². The van der Waals surface area contributed by atoms with Gasteiger partial charge < -0.3 is 29.9 Å². The lowest BCUT2D eigenvalue weighted by Crippen LogP contribution is -2.77. The predicted molar refractivity (Wildman–Crippen MR) is 147 cm³/mol. The van der Waals surface area contributed by atoms with Gasteiger partial charge in [-0.1, -0.05) is 19.9 Å². The molecule has 0 aromatic rings. The number of hydrogen-bond acceptors (Lipinski definition) is 9. The molecule has 3 aliphatic heterocycles. The Bertz CT molecular complexity index is 1200. The van der Waals surface area contributed by atoms with E-state index >= 15 is 0 Å². The Morgan fingerprint density at radius 1 is 1.07 bits per heavy atom. The summed E-state index contributed by atoms with van der Waals surface area (Å²) in [4.78, 5) is 29.0. The first-order valence-corrected chi connectivity index (χ1v) is 15.8. The lowest BCUT2D eigenvalue weighted by atomic mass is 9.50. The van der Waals surface area contributed by atoms with Gasteiger partial charge in [-0.2, -0.15) is 0 Å². The highest BCUT2D eigenvalue weighted by Gasteiger charge is 2.84. The van der Waals surface area contributed by atoms with Crippen LogP contribution >= 0.6 is 0 Å². The van der Waals surface area contributed by atoms with Crippen molar-refractivity contribution in [1.29, 1.82) is 0 Å². The van der Waals surface area contributed by atoms with E-state index in [1.54, 1.807) is 19.9 Å². The molecular formula is C32H47NO8. The monoisotopic (exact) mass is 573 g/mol. The van der Waals surface area contributed by atoms with Gasteiger partial charge in [0.25, 0.3) is 0 Å². The highest BCUT2D eigenvalue weighted by Crippen LogP contribution is 2.75. The van der Waals surface area contributed by atoms with Crippen LogP contribution in [0.15, 0.2) is 11.6 Å². The number of allylic oxidation sites excluding steroid dienone is 1. The number of ether oxygens (including phenoxy) is 2. The maximum atomic E-state index is 13.4. The largest absolute Gasteiger partial charge is 0.456 e. The van der Waals surface area contributed by atoms with Gasteiger partial charge in [0.05, 0.1) is 5.60 Å². The minimum atomic E-state index is -1.69. The molecule has 4 bridgehead atoms. The number of esters is 2. The number of fused-ring (bicyclic) bond motifs is 5. The van der Waals surface area contributed by atoms with E-state index in [1.807, 2.05) is 6.92 Å². The van der Waals surface area contributed by atoms with Gasteiger partial charge in [0, 0.05) is 47.9 Å². The predicted octanol–water partition coefficient (Wildman–Crippen LogP) is 1.94. The summed E-state index contributed by atoms with van der Waals surface area (Å²) in [5.74, 6) is -2.93. The first-order chi connectivity index (χ1) is 19.2. The molecule has 7 aliphatic rings. The Labute approximate surface area is 242 Å². The SMILES string of the molecule is C/C=C(/C)C(=O)O[C@@H]1[C@H]2[C@@H](CN3C[C@@H](C)CC[C@@H]3[C@@]2(C)O)[C@@H]2C[C@]34OC(=O)[C@]5(O)CC[C@@]3(C)[C@@H]5CC[C@H]4[C@]2(O)[C@H]1O. The molecular weight excluding hydrogens is 526 g/mol. The van der Waals surface area contributed by atoms with Gasteiger partial charge in [0.15, 0.2) is 5.60 Å². The maximum Gasteiger partial charge on any atom is 0.339 e. The van der Waals surface area contributed by atoms with Crippen molar-refractivity contribution in [2.45, 2.75) is 120 Å². The first kappa shape index (κ1) is 28.3. The fourth-order valence-corrected chi connectivity index (χ4v) is 11.8. The molecule has 1 spiro atoms. The quantitative estimate of drug-likeness (QED) is 0.289. The second-order valence-electron chi connectivity index (χ2n) is 15.4. The summed E-state index contributed by atoms with van der Waals surface area (Å²) < 4.78 is 12.4. The fraction of sp³-hybridized carbons (Fsp3) is 0.875. The Balaban J connectivity index is 1.37. The van der Waals surface area contributed by atoms with E-state index in [-0.39, 0.29) is 17.9 Å². The molecule has 0 amide bonds. The van der Waals surface area contributed by atoms with Crippen LogP contribution in [0.5, 0.6) is 0 Å². The van der Waals surface area contributed by atoms with Crippen molar-refractivity contribution in [3.8, 4) is 0 Å². The van der Waals surface area contributed by atoms with Gasteiger partial charge in [-0.3, -0.25) is 4.90 Å².